The van der Waals surface area contributed by atoms with E-state index in [0.717, 1.165) is 25.7 Å². The molecule has 0 bridgehead atoms. The summed E-state index contributed by atoms with van der Waals surface area (Å²) in [5.41, 5.74) is -0.692. The van der Waals surface area contributed by atoms with Crippen LogP contribution in [0.4, 0.5) is 0 Å². The first-order valence-electron chi connectivity index (χ1n) is 7.43. The first-order chi connectivity index (χ1) is 8.27. The lowest BCUT2D eigenvalue weighted by Gasteiger charge is -2.22. The summed E-state index contributed by atoms with van der Waals surface area (Å²) < 4.78 is 0. The Balaban J connectivity index is 2.43. The molecule has 1 aliphatic carbocycles. The van der Waals surface area contributed by atoms with Crippen molar-refractivity contribution in [2.75, 3.05) is 0 Å². The molecule has 1 saturated carbocycles. The normalized spacial score (nSPS) is 23.4. The minimum Gasteiger partial charge on any atom is -0.378 e. The summed E-state index contributed by atoms with van der Waals surface area (Å²) in [4.78, 5) is 0. The van der Waals surface area contributed by atoms with E-state index in [1.54, 1.807) is 0 Å². The van der Waals surface area contributed by atoms with Crippen LogP contribution in [0.1, 0.15) is 84.0 Å². The van der Waals surface area contributed by atoms with Crippen molar-refractivity contribution in [2.45, 2.75) is 89.6 Å². The Morgan fingerprint density at radius 1 is 0.706 bits per heavy atom. The molecule has 0 aromatic carbocycles. The van der Waals surface area contributed by atoms with Gasteiger partial charge in [0.15, 0.2) is 0 Å². The predicted molar refractivity (Wildman–Crippen MR) is 73.8 cm³/mol. The number of aliphatic hydroxyl groups is 1. The van der Waals surface area contributed by atoms with Gasteiger partial charge in [0, 0.05) is 0 Å². The molecule has 0 amide bonds. The Morgan fingerprint density at radius 3 is 1.41 bits per heavy atom. The zero-order chi connectivity index (χ0) is 12.4. The topological polar surface area (TPSA) is 20.2 Å². The second-order valence-corrected chi connectivity index (χ2v) is 5.44. The number of hydrogen-bond donors (Lipinski definition) is 1. The molecule has 0 atom stereocenters. The first-order valence-corrected chi connectivity index (χ1v) is 7.43. The van der Waals surface area contributed by atoms with E-state index < -0.39 is 5.60 Å². The highest BCUT2D eigenvalue weighted by Gasteiger charge is 2.22. The van der Waals surface area contributed by atoms with Crippen molar-refractivity contribution in [2.24, 2.45) is 0 Å². The van der Waals surface area contributed by atoms with Gasteiger partial charge in [-0.3, -0.25) is 0 Å². The van der Waals surface area contributed by atoms with Gasteiger partial charge in [-0.05, 0) is 32.6 Å². The van der Waals surface area contributed by atoms with Crippen LogP contribution in [0.3, 0.4) is 0 Å². The zero-order valence-electron chi connectivity index (χ0n) is 11.4. The van der Waals surface area contributed by atoms with E-state index in [1.807, 2.05) is 6.92 Å². The monoisotopic (exact) mass is 236 g/mol. The lowest BCUT2D eigenvalue weighted by molar-refractivity contribution is 0.0763. The molecule has 1 N–H and O–H groups in total. The second-order valence-electron chi connectivity index (χ2n) is 5.44. The molecule has 0 heterocycles. The van der Waals surface area contributed by atoms with Crippen molar-refractivity contribution in [3.8, 4) is 11.8 Å². The van der Waals surface area contributed by atoms with Crippen molar-refractivity contribution in [3.63, 3.8) is 0 Å². The number of hydrogen-bond acceptors (Lipinski definition) is 1. The minimum atomic E-state index is -0.692. The maximum absolute atomic E-state index is 10.5. The molecule has 1 fully saturated rings. The quantitative estimate of drug-likeness (QED) is 0.617. The fourth-order valence-corrected chi connectivity index (χ4v) is 2.73. The van der Waals surface area contributed by atoms with Crippen LogP contribution in [0.5, 0.6) is 0 Å². The van der Waals surface area contributed by atoms with E-state index in [-0.39, 0.29) is 0 Å². The molecule has 17 heavy (non-hydrogen) atoms. The Morgan fingerprint density at radius 2 is 1.06 bits per heavy atom. The second kappa shape index (κ2) is 8.59. The Hall–Kier alpha value is -0.480. The predicted octanol–water partition coefficient (Wildman–Crippen LogP) is 4.44. The summed E-state index contributed by atoms with van der Waals surface area (Å²) in [5, 5.41) is 10.5. The maximum Gasteiger partial charge on any atom is 0.125 e. The summed E-state index contributed by atoms with van der Waals surface area (Å²) in [6.45, 7) is 1.83. The molecule has 1 aliphatic rings. The lowest BCUT2D eigenvalue weighted by Crippen LogP contribution is -2.26. The molecular formula is C16H28O. The summed E-state index contributed by atoms with van der Waals surface area (Å²) in [6.07, 6.45) is 14.7. The Bertz CT molecular complexity index is 232. The van der Waals surface area contributed by atoms with Crippen LogP contribution in [-0.4, -0.2) is 10.7 Å². The maximum atomic E-state index is 10.5. The molecule has 0 aliphatic heterocycles. The molecule has 0 radical (unpaired) electrons. The van der Waals surface area contributed by atoms with Crippen LogP contribution in [0.15, 0.2) is 0 Å². The minimum absolute atomic E-state index is 0.692. The van der Waals surface area contributed by atoms with Gasteiger partial charge in [0.2, 0.25) is 0 Å². The lowest BCUT2D eigenvalue weighted by atomic mass is 9.90. The standard InChI is InChI=1S/C16H28O/c1-2-13-16(17)14-11-9-7-5-3-4-6-8-10-12-15-16/h17H,3-12,14-15H2,1H3. The van der Waals surface area contributed by atoms with E-state index in [1.165, 1.54) is 51.4 Å². The van der Waals surface area contributed by atoms with Gasteiger partial charge in [-0.15, -0.1) is 5.92 Å². The first kappa shape index (κ1) is 14.6. The van der Waals surface area contributed by atoms with Crippen LogP contribution in [-0.2, 0) is 0 Å². The Labute approximate surface area is 107 Å². The van der Waals surface area contributed by atoms with Crippen LogP contribution in [0.25, 0.3) is 0 Å². The molecule has 1 heteroatoms. The van der Waals surface area contributed by atoms with Crippen molar-refractivity contribution in [3.05, 3.63) is 0 Å². The third-order valence-electron chi connectivity index (χ3n) is 3.79. The Kier molecular flexibility index (Phi) is 7.37. The summed E-state index contributed by atoms with van der Waals surface area (Å²) in [6, 6.07) is 0. The van der Waals surface area contributed by atoms with Gasteiger partial charge in [-0.1, -0.05) is 57.3 Å². The molecule has 0 unspecified atom stereocenters. The van der Waals surface area contributed by atoms with Crippen molar-refractivity contribution in [1.82, 2.24) is 0 Å². The van der Waals surface area contributed by atoms with E-state index in [2.05, 4.69) is 11.8 Å². The molecule has 1 rings (SSSR count). The fraction of sp³-hybridized carbons (Fsp3) is 0.875. The van der Waals surface area contributed by atoms with Gasteiger partial charge in [-0.2, -0.15) is 0 Å². The highest BCUT2D eigenvalue weighted by atomic mass is 16.3. The van der Waals surface area contributed by atoms with Crippen LogP contribution in [0, 0.1) is 11.8 Å². The van der Waals surface area contributed by atoms with E-state index in [0.29, 0.717) is 0 Å². The molecule has 1 nitrogen and oxygen atoms in total. The van der Waals surface area contributed by atoms with Gasteiger partial charge in [0.1, 0.15) is 5.60 Å². The third-order valence-corrected chi connectivity index (χ3v) is 3.79. The zero-order valence-corrected chi connectivity index (χ0v) is 11.4. The third kappa shape index (κ3) is 6.74. The van der Waals surface area contributed by atoms with Gasteiger partial charge in [0.05, 0.1) is 0 Å². The largest absolute Gasteiger partial charge is 0.378 e. The average Bonchev–Trinajstić information content (AvgIpc) is 2.32. The van der Waals surface area contributed by atoms with Gasteiger partial charge < -0.3 is 5.11 Å². The van der Waals surface area contributed by atoms with E-state index in [9.17, 15) is 5.11 Å². The van der Waals surface area contributed by atoms with Crippen LogP contribution < -0.4 is 0 Å². The van der Waals surface area contributed by atoms with Gasteiger partial charge >= 0.3 is 0 Å². The van der Waals surface area contributed by atoms with Gasteiger partial charge in [0.25, 0.3) is 0 Å². The fourth-order valence-electron chi connectivity index (χ4n) is 2.73. The SMILES string of the molecule is CC#CC1(O)CCCCCCCCCCCC1. The molecule has 0 aromatic rings. The van der Waals surface area contributed by atoms with Crippen molar-refractivity contribution in [1.29, 1.82) is 0 Å². The highest BCUT2D eigenvalue weighted by molar-refractivity contribution is 5.12. The molecule has 0 aromatic heterocycles. The summed E-state index contributed by atoms with van der Waals surface area (Å²) in [7, 11) is 0. The van der Waals surface area contributed by atoms with Gasteiger partial charge in [-0.25, -0.2) is 0 Å². The molecule has 0 saturated heterocycles. The molecular weight excluding hydrogens is 208 g/mol. The van der Waals surface area contributed by atoms with Crippen molar-refractivity contribution >= 4 is 0 Å². The van der Waals surface area contributed by atoms with Crippen LogP contribution >= 0.6 is 0 Å². The molecule has 0 spiro atoms. The highest BCUT2D eigenvalue weighted by Crippen LogP contribution is 2.23. The average molecular weight is 236 g/mol. The van der Waals surface area contributed by atoms with E-state index >= 15 is 0 Å². The van der Waals surface area contributed by atoms with Crippen molar-refractivity contribution < 1.29 is 5.11 Å². The van der Waals surface area contributed by atoms with Crippen LogP contribution in [0.2, 0.25) is 0 Å². The number of rotatable bonds is 0. The smallest absolute Gasteiger partial charge is 0.125 e. The summed E-state index contributed by atoms with van der Waals surface area (Å²) in [5.74, 6) is 5.94. The summed E-state index contributed by atoms with van der Waals surface area (Å²) >= 11 is 0. The van der Waals surface area contributed by atoms with E-state index in [4.69, 9.17) is 0 Å². The molecule has 98 valence electrons.